The first-order valence-corrected chi connectivity index (χ1v) is 6.83. The van der Waals surface area contributed by atoms with Crippen molar-refractivity contribution in [2.24, 2.45) is 16.6 Å². The minimum absolute atomic E-state index is 0.210. The van der Waals surface area contributed by atoms with Crippen molar-refractivity contribution in [3.05, 3.63) is 0 Å². The molecule has 0 saturated heterocycles. The average Bonchev–Trinajstić information content (AvgIpc) is 2.61. The predicted molar refractivity (Wildman–Crippen MR) is 71.6 cm³/mol. The molecule has 1 amide bonds. The number of carbonyl (C=O) groups is 1. The molecule has 3 heteroatoms. The van der Waals surface area contributed by atoms with E-state index in [4.69, 9.17) is 5.73 Å². The number of unbranched alkanes of at least 4 members (excludes halogenated alkanes) is 3. The van der Waals surface area contributed by atoms with Crippen LogP contribution in [-0.4, -0.2) is 18.5 Å². The Hall–Kier alpha value is -0.570. The molecule has 0 aliphatic heterocycles. The molecular weight excluding hydrogens is 212 g/mol. The number of hydrogen-bond acceptors (Lipinski definition) is 2. The Morgan fingerprint density at radius 2 is 1.59 bits per heavy atom. The van der Waals surface area contributed by atoms with Crippen molar-refractivity contribution in [1.82, 2.24) is 5.32 Å². The quantitative estimate of drug-likeness (QED) is 0.672. The van der Waals surface area contributed by atoms with Gasteiger partial charge in [-0.05, 0) is 30.2 Å². The molecule has 1 aliphatic rings. The van der Waals surface area contributed by atoms with Gasteiger partial charge in [-0.15, -0.1) is 0 Å². The fourth-order valence-electron chi connectivity index (χ4n) is 2.57. The van der Waals surface area contributed by atoms with Gasteiger partial charge in [-0.1, -0.05) is 40.5 Å². The van der Waals surface area contributed by atoms with Crippen LogP contribution in [0.1, 0.15) is 59.8 Å². The lowest BCUT2D eigenvalue weighted by Crippen LogP contribution is -2.29. The fraction of sp³-hybridized carbons (Fsp3) is 0.929. The molecule has 0 spiro atoms. The van der Waals surface area contributed by atoms with Gasteiger partial charge in [-0.2, -0.15) is 0 Å². The second-order valence-corrected chi connectivity index (χ2v) is 6.40. The SMILES string of the molecule is CC1(C)C(NC(=O)CCCCCCN)C1(C)C. The molecule has 0 aromatic rings. The van der Waals surface area contributed by atoms with Gasteiger partial charge in [0.05, 0.1) is 0 Å². The molecule has 0 bridgehead atoms. The van der Waals surface area contributed by atoms with Crippen LogP contribution in [0.25, 0.3) is 0 Å². The maximum atomic E-state index is 11.8. The van der Waals surface area contributed by atoms with Crippen LogP contribution in [0.4, 0.5) is 0 Å². The van der Waals surface area contributed by atoms with Crippen LogP contribution in [0.3, 0.4) is 0 Å². The molecular formula is C14H28N2O. The summed E-state index contributed by atoms with van der Waals surface area (Å²) in [5.41, 5.74) is 5.90. The highest BCUT2D eigenvalue weighted by atomic mass is 16.1. The summed E-state index contributed by atoms with van der Waals surface area (Å²) in [7, 11) is 0. The van der Waals surface area contributed by atoms with Crippen molar-refractivity contribution < 1.29 is 4.79 Å². The first kappa shape index (κ1) is 14.5. The van der Waals surface area contributed by atoms with Gasteiger partial charge < -0.3 is 11.1 Å². The number of carbonyl (C=O) groups excluding carboxylic acids is 1. The zero-order valence-corrected chi connectivity index (χ0v) is 11.8. The van der Waals surface area contributed by atoms with Crippen LogP contribution < -0.4 is 11.1 Å². The second-order valence-electron chi connectivity index (χ2n) is 6.40. The van der Waals surface area contributed by atoms with Crippen molar-refractivity contribution in [2.45, 2.75) is 65.8 Å². The second kappa shape index (κ2) is 5.38. The Bertz CT molecular complexity index is 257. The standard InChI is InChI=1S/C14H28N2O/c1-13(2)12(14(13,3)4)16-11(17)9-7-5-6-8-10-15/h12H,5-10,15H2,1-4H3,(H,16,17). The summed E-state index contributed by atoms with van der Waals surface area (Å²) < 4.78 is 0. The maximum Gasteiger partial charge on any atom is 0.220 e. The highest BCUT2D eigenvalue weighted by Gasteiger charge is 2.65. The minimum Gasteiger partial charge on any atom is -0.352 e. The third-order valence-corrected chi connectivity index (χ3v) is 4.68. The first-order valence-electron chi connectivity index (χ1n) is 6.83. The summed E-state index contributed by atoms with van der Waals surface area (Å²) in [5, 5.41) is 3.16. The number of nitrogens with one attached hydrogen (secondary N) is 1. The van der Waals surface area contributed by atoms with Gasteiger partial charge in [-0.25, -0.2) is 0 Å². The Labute approximate surface area is 106 Å². The van der Waals surface area contributed by atoms with Gasteiger partial charge in [0.1, 0.15) is 0 Å². The molecule has 3 N–H and O–H groups in total. The summed E-state index contributed by atoms with van der Waals surface area (Å²) in [6.45, 7) is 9.65. The molecule has 1 rings (SSSR count). The van der Waals surface area contributed by atoms with E-state index in [1.54, 1.807) is 0 Å². The largest absolute Gasteiger partial charge is 0.352 e. The van der Waals surface area contributed by atoms with Crippen LogP contribution in [0, 0.1) is 10.8 Å². The highest BCUT2D eigenvalue weighted by molar-refractivity contribution is 5.77. The van der Waals surface area contributed by atoms with Crippen molar-refractivity contribution in [1.29, 1.82) is 0 Å². The van der Waals surface area contributed by atoms with Crippen LogP contribution in [0.15, 0.2) is 0 Å². The normalized spacial score (nSPS) is 21.2. The van der Waals surface area contributed by atoms with Gasteiger partial charge in [0, 0.05) is 12.5 Å². The number of rotatable bonds is 7. The van der Waals surface area contributed by atoms with E-state index in [-0.39, 0.29) is 16.7 Å². The lowest BCUT2D eigenvalue weighted by Gasteiger charge is -2.06. The Balaban J connectivity index is 2.15. The summed E-state index contributed by atoms with van der Waals surface area (Å²) in [4.78, 5) is 11.8. The zero-order valence-electron chi connectivity index (χ0n) is 11.8. The molecule has 0 unspecified atom stereocenters. The van der Waals surface area contributed by atoms with Crippen molar-refractivity contribution in [2.75, 3.05) is 6.54 Å². The van der Waals surface area contributed by atoms with Crippen LogP contribution in [0.5, 0.6) is 0 Å². The van der Waals surface area contributed by atoms with E-state index in [1.165, 1.54) is 0 Å². The Morgan fingerprint density at radius 3 is 2.06 bits per heavy atom. The molecule has 0 aromatic heterocycles. The number of nitrogens with two attached hydrogens (primary N) is 1. The molecule has 0 aromatic carbocycles. The molecule has 1 aliphatic carbocycles. The molecule has 0 heterocycles. The van der Waals surface area contributed by atoms with Crippen LogP contribution in [0.2, 0.25) is 0 Å². The van der Waals surface area contributed by atoms with Gasteiger partial charge in [0.15, 0.2) is 0 Å². The van der Waals surface area contributed by atoms with Crippen molar-refractivity contribution in [3.8, 4) is 0 Å². The fourth-order valence-corrected chi connectivity index (χ4v) is 2.57. The van der Waals surface area contributed by atoms with Crippen LogP contribution >= 0.6 is 0 Å². The topological polar surface area (TPSA) is 55.1 Å². The van der Waals surface area contributed by atoms with E-state index in [0.717, 1.165) is 32.2 Å². The van der Waals surface area contributed by atoms with E-state index in [1.807, 2.05) is 0 Å². The monoisotopic (exact) mass is 240 g/mol. The maximum absolute atomic E-state index is 11.8. The van der Waals surface area contributed by atoms with E-state index in [0.29, 0.717) is 12.5 Å². The molecule has 0 radical (unpaired) electrons. The van der Waals surface area contributed by atoms with Gasteiger partial charge >= 0.3 is 0 Å². The van der Waals surface area contributed by atoms with Crippen molar-refractivity contribution >= 4 is 5.91 Å². The Kier molecular flexibility index (Phi) is 4.59. The summed E-state index contributed by atoms with van der Waals surface area (Å²) in [6.07, 6.45) is 4.98. The molecule has 100 valence electrons. The lowest BCUT2D eigenvalue weighted by atomic mass is 10.0. The molecule has 1 fully saturated rings. The summed E-state index contributed by atoms with van der Waals surface area (Å²) in [5.74, 6) is 0.210. The number of amides is 1. The smallest absolute Gasteiger partial charge is 0.220 e. The lowest BCUT2D eigenvalue weighted by molar-refractivity contribution is -0.121. The van der Waals surface area contributed by atoms with Gasteiger partial charge in [0.25, 0.3) is 0 Å². The summed E-state index contributed by atoms with van der Waals surface area (Å²) in [6, 6.07) is 0.339. The van der Waals surface area contributed by atoms with Gasteiger partial charge in [-0.3, -0.25) is 4.79 Å². The average molecular weight is 240 g/mol. The van der Waals surface area contributed by atoms with Crippen LogP contribution in [-0.2, 0) is 4.79 Å². The van der Waals surface area contributed by atoms with E-state index in [2.05, 4.69) is 33.0 Å². The van der Waals surface area contributed by atoms with Gasteiger partial charge in [0.2, 0.25) is 5.91 Å². The molecule has 1 saturated carbocycles. The van der Waals surface area contributed by atoms with Crippen molar-refractivity contribution in [3.63, 3.8) is 0 Å². The third kappa shape index (κ3) is 3.21. The summed E-state index contributed by atoms with van der Waals surface area (Å²) >= 11 is 0. The van der Waals surface area contributed by atoms with E-state index < -0.39 is 0 Å². The zero-order chi connectivity index (χ0) is 13.1. The predicted octanol–water partition coefficient (Wildman–Crippen LogP) is 2.45. The molecule has 17 heavy (non-hydrogen) atoms. The highest BCUT2D eigenvalue weighted by Crippen LogP contribution is 2.62. The Morgan fingerprint density at radius 1 is 1.06 bits per heavy atom. The number of hydrogen-bond donors (Lipinski definition) is 2. The third-order valence-electron chi connectivity index (χ3n) is 4.68. The molecule has 0 atom stereocenters. The molecule has 3 nitrogen and oxygen atoms in total. The van der Waals surface area contributed by atoms with E-state index >= 15 is 0 Å². The first-order chi connectivity index (χ1) is 7.84. The van der Waals surface area contributed by atoms with E-state index in [9.17, 15) is 4.79 Å². The minimum atomic E-state index is 0.210.